The number of nitrogens with one attached hydrogen (secondary N) is 2. The van der Waals surface area contributed by atoms with Gasteiger partial charge in [0.15, 0.2) is 0 Å². The number of hydrogen-bond donors (Lipinski definition) is 2. The van der Waals surface area contributed by atoms with Gasteiger partial charge in [-0.25, -0.2) is 0 Å². The molecule has 0 aliphatic heterocycles. The number of ether oxygens (including phenoxy) is 2. The van der Waals surface area contributed by atoms with E-state index in [1.807, 2.05) is 0 Å². The Morgan fingerprint density at radius 2 is 1.60 bits per heavy atom. The van der Waals surface area contributed by atoms with Crippen molar-refractivity contribution in [1.29, 1.82) is 0 Å². The Balaban J connectivity index is 2.03. The zero-order chi connectivity index (χ0) is 18.4. The van der Waals surface area contributed by atoms with E-state index in [-0.39, 0.29) is 12.2 Å². The summed E-state index contributed by atoms with van der Waals surface area (Å²) in [4.78, 5) is 24.0. The van der Waals surface area contributed by atoms with Crippen LogP contribution in [0.4, 0.5) is 5.69 Å². The lowest BCUT2D eigenvalue weighted by atomic mass is 10.2. The number of methoxy groups -OCH3 is 2. The van der Waals surface area contributed by atoms with Crippen molar-refractivity contribution in [2.24, 2.45) is 0 Å². The van der Waals surface area contributed by atoms with Crippen molar-refractivity contribution >= 4 is 40.7 Å². The van der Waals surface area contributed by atoms with E-state index < -0.39 is 11.8 Å². The molecule has 0 unspecified atom stereocenters. The van der Waals surface area contributed by atoms with Gasteiger partial charge < -0.3 is 20.1 Å². The lowest BCUT2D eigenvalue weighted by molar-refractivity contribution is -0.136. The number of anilines is 1. The van der Waals surface area contributed by atoms with Crippen LogP contribution < -0.4 is 20.1 Å². The maximum absolute atomic E-state index is 12.1. The number of amides is 2. The second-order valence-electron chi connectivity index (χ2n) is 4.95. The van der Waals surface area contributed by atoms with Gasteiger partial charge in [0, 0.05) is 23.7 Å². The minimum Gasteiger partial charge on any atom is -0.495 e. The van der Waals surface area contributed by atoms with Crippen molar-refractivity contribution in [3.8, 4) is 11.5 Å². The molecule has 2 aromatic carbocycles. The van der Waals surface area contributed by atoms with Crippen LogP contribution in [0.15, 0.2) is 36.4 Å². The monoisotopic (exact) mass is 382 g/mol. The lowest BCUT2D eigenvalue weighted by Crippen LogP contribution is -2.35. The number of carbonyl (C=O) groups excluding carboxylic acids is 2. The smallest absolute Gasteiger partial charge is 0.313 e. The molecule has 0 aliphatic carbocycles. The van der Waals surface area contributed by atoms with Crippen LogP contribution in [0.5, 0.6) is 11.5 Å². The number of benzene rings is 2. The summed E-state index contributed by atoms with van der Waals surface area (Å²) in [5, 5.41) is 5.91. The zero-order valence-corrected chi connectivity index (χ0v) is 15.1. The van der Waals surface area contributed by atoms with Gasteiger partial charge in [0.25, 0.3) is 0 Å². The van der Waals surface area contributed by atoms with Crippen LogP contribution in [0.1, 0.15) is 5.56 Å². The average molecular weight is 383 g/mol. The molecule has 0 heterocycles. The first kappa shape index (κ1) is 18.9. The summed E-state index contributed by atoms with van der Waals surface area (Å²) in [6.07, 6.45) is 0. The van der Waals surface area contributed by atoms with Gasteiger partial charge in [0.1, 0.15) is 11.5 Å². The van der Waals surface area contributed by atoms with Crippen LogP contribution in [0, 0.1) is 0 Å². The van der Waals surface area contributed by atoms with Crippen LogP contribution >= 0.6 is 23.2 Å². The molecule has 132 valence electrons. The number of rotatable bonds is 5. The van der Waals surface area contributed by atoms with E-state index in [0.29, 0.717) is 21.5 Å². The molecule has 0 spiro atoms. The molecule has 2 aromatic rings. The Labute approximate surface area is 155 Å². The third-order valence-corrected chi connectivity index (χ3v) is 3.84. The molecule has 0 aliphatic rings. The Kier molecular flexibility index (Phi) is 6.50. The van der Waals surface area contributed by atoms with Gasteiger partial charge in [0.05, 0.1) is 24.9 Å². The standard InChI is InChI=1S/C17H16Cl2N2O4/c1-24-14-8-13(15(25-2)7-12(14)19)21-17(23)16(22)20-9-10-3-5-11(18)6-4-10/h3-8H,9H2,1-2H3,(H,20,22)(H,21,23). The maximum atomic E-state index is 12.1. The molecule has 25 heavy (non-hydrogen) atoms. The Morgan fingerprint density at radius 3 is 2.20 bits per heavy atom. The molecule has 0 fully saturated rings. The van der Waals surface area contributed by atoms with Gasteiger partial charge in [0.2, 0.25) is 0 Å². The molecule has 2 amide bonds. The fourth-order valence-corrected chi connectivity index (χ4v) is 2.36. The summed E-state index contributed by atoms with van der Waals surface area (Å²) >= 11 is 11.8. The first-order chi connectivity index (χ1) is 11.9. The largest absolute Gasteiger partial charge is 0.495 e. The minimum atomic E-state index is -0.836. The van der Waals surface area contributed by atoms with E-state index in [4.69, 9.17) is 32.7 Å². The van der Waals surface area contributed by atoms with E-state index in [0.717, 1.165) is 5.56 Å². The first-order valence-electron chi connectivity index (χ1n) is 7.19. The minimum absolute atomic E-state index is 0.199. The van der Waals surface area contributed by atoms with E-state index in [1.54, 1.807) is 24.3 Å². The van der Waals surface area contributed by atoms with Crippen LogP contribution in [0.3, 0.4) is 0 Å². The Hall–Kier alpha value is -2.44. The van der Waals surface area contributed by atoms with Crippen molar-refractivity contribution in [3.05, 3.63) is 52.0 Å². The number of hydrogen-bond acceptors (Lipinski definition) is 4. The van der Waals surface area contributed by atoms with Crippen LogP contribution in [0.25, 0.3) is 0 Å². The summed E-state index contributed by atoms with van der Waals surface area (Å²) in [7, 11) is 2.87. The third kappa shape index (κ3) is 5.01. The highest BCUT2D eigenvalue weighted by atomic mass is 35.5. The molecular weight excluding hydrogens is 367 g/mol. The molecule has 0 atom stereocenters. The molecule has 2 rings (SSSR count). The molecule has 6 nitrogen and oxygen atoms in total. The van der Waals surface area contributed by atoms with Gasteiger partial charge >= 0.3 is 11.8 Å². The second-order valence-corrected chi connectivity index (χ2v) is 5.79. The second kappa shape index (κ2) is 8.60. The Morgan fingerprint density at radius 1 is 0.960 bits per heavy atom. The predicted octanol–water partition coefficient (Wildman–Crippen LogP) is 3.27. The van der Waals surface area contributed by atoms with Crippen LogP contribution in [0.2, 0.25) is 10.0 Å². The highest BCUT2D eigenvalue weighted by molar-refractivity contribution is 6.40. The lowest BCUT2D eigenvalue weighted by Gasteiger charge is -2.13. The zero-order valence-electron chi connectivity index (χ0n) is 13.6. The summed E-state index contributed by atoms with van der Waals surface area (Å²) < 4.78 is 10.2. The summed E-state index contributed by atoms with van der Waals surface area (Å²) in [6.45, 7) is 0.199. The summed E-state index contributed by atoms with van der Waals surface area (Å²) in [6, 6.07) is 9.89. The SMILES string of the molecule is COc1cc(NC(=O)C(=O)NCc2ccc(Cl)cc2)c(OC)cc1Cl. The van der Waals surface area contributed by atoms with Gasteiger partial charge in [-0.3, -0.25) is 9.59 Å². The Bertz CT molecular complexity index is 779. The topological polar surface area (TPSA) is 76.7 Å². The van der Waals surface area contributed by atoms with Gasteiger partial charge in [-0.15, -0.1) is 0 Å². The average Bonchev–Trinajstić information content (AvgIpc) is 2.61. The summed E-state index contributed by atoms with van der Waals surface area (Å²) in [5.41, 5.74) is 1.09. The van der Waals surface area contributed by atoms with E-state index in [1.165, 1.54) is 26.4 Å². The fourth-order valence-electron chi connectivity index (χ4n) is 2.00. The van der Waals surface area contributed by atoms with Crippen molar-refractivity contribution in [2.45, 2.75) is 6.54 Å². The summed E-state index contributed by atoms with van der Waals surface area (Å²) in [5.74, 6) is -0.966. The molecule has 0 aromatic heterocycles. The molecule has 2 N–H and O–H groups in total. The van der Waals surface area contributed by atoms with Gasteiger partial charge in [-0.2, -0.15) is 0 Å². The highest BCUT2D eigenvalue weighted by Crippen LogP contribution is 2.35. The molecule has 8 heteroatoms. The molecule has 0 saturated carbocycles. The van der Waals surface area contributed by atoms with Gasteiger partial charge in [-0.1, -0.05) is 35.3 Å². The van der Waals surface area contributed by atoms with Gasteiger partial charge in [-0.05, 0) is 17.7 Å². The molecular formula is C17H16Cl2N2O4. The van der Waals surface area contributed by atoms with E-state index in [2.05, 4.69) is 10.6 Å². The fraction of sp³-hybridized carbons (Fsp3) is 0.176. The molecule has 0 saturated heterocycles. The molecule has 0 bridgehead atoms. The van der Waals surface area contributed by atoms with Crippen molar-refractivity contribution < 1.29 is 19.1 Å². The first-order valence-corrected chi connectivity index (χ1v) is 7.95. The quantitative estimate of drug-likeness (QED) is 0.778. The van der Waals surface area contributed by atoms with Crippen molar-refractivity contribution in [2.75, 3.05) is 19.5 Å². The predicted molar refractivity (Wildman–Crippen MR) is 96.5 cm³/mol. The van der Waals surface area contributed by atoms with E-state index in [9.17, 15) is 9.59 Å². The maximum Gasteiger partial charge on any atom is 0.313 e. The normalized spacial score (nSPS) is 10.1. The van der Waals surface area contributed by atoms with Crippen LogP contribution in [-0.4, -0.2) is 26.0 Å². The number of halogens is 2. The number of carbonyl (C=O) groups is 2. The van der Waals surface area contributed by atoms with Crippen molar-refractivity contribution in [1.82, 2.24) is 5.32 Å². The third-order valence-electron chi connectivity index (χ3n) is 3.29. The molecule has 0 radical (unpaired) electrons. The van der Waals surface area contributed by atoms with Crippen LogP contribution in [-0.2, 0) is 16.1 Å². The van der Waals surface area contributed by atoms with Crippen molar-refractivity contribution in [3.63, 3.8) is 0 Å². The highest BCUT2D eigenvalue weighted by Gasteiger charge is 2.17. The van der Waals surface area contributed by atoms with E-state index >= 15 is 0 Å².